The lowest BCUT2D eigenvalue weighted by Gasteiger charge is -2.23. The minimum absolute atomic E-state index is 0.00928. The van der Waals surface area contributed by atoms with E-state index in [0.29, 0.717) is 106 Å². The highest BCUT2D eigenvalue weighted by molar-refractivity contribution is 7.93. The van der Waals surface area contributed by atoms with E-state index in [0.717, 1.165) is 90.7 Å². The molecule has 0 saturated heterocycles. The zero-order valence-corrected chi connectivity index (χ0v) is 78.4. The van der Waals surface area contributed by atoms with E-state index in [2.05, 4.69) is 63.1 Å². The van der Waals surface area contributed by atoms with Gasteiger partial charge in [-0.15, -0.1) is 0 Å². The van der Waals surface area contributed by atoms with Crippen LogP contribution in [-0.2, 0) is 72.0 Å². The van der Waals surface area contributed by atoms with Gasteiger partial charge in [-0.2, -0.15) is 33.6 Å². The quantitative estimate of drug-likeness (QED) is 0.0970. The van der Waals surface area contributed by atoms with Crippen molar-refractivity contribution in [1.82, 2.24) is 59.1 Å². The topological polar surface area (TPSA) is 272 Å². The summed E-state index contributed by atoms with van der Waals surface area (Å²) >= 11 is 5.99. The summed E-state index contributed by atoms with van der Waals surface area (Å²) in [7, 11) is -15.3. The van der Waals surface area contributed by atoms with E-state index in [1.54, 1.807) is 174 Å². The number of para-hydroxylation sites is 1. The van der Waals surface area contributed by atoms with Crippen molar-refractivity contribution in [1.29, 1.82) is 0 Å². The van der Waals surface area contributed by atoms with Gasteiger partial charge >= 0.3 is 6.18 Å². The normalized spacial score (nSPS) is 13.5. The van der Waals surface area contributed by atoms with Crippen molar-refractivity contribution < 1.29 is 55.6 Å². The molecule has 684 valence electrons. The highest BCUT2D eigenvalue weighted by atomic mass is 35.5. The van der Waals surface area contributed by atoms with Gasteiger partial charge in [0.1, 0.15) is 40.1 Å². The van der Waals surface area contributed by atoms with Crippen LogP contribution < -0.4 is 17.2 Å². The Balaban J connectivity index is 0.000000124. The molecule has 8 aromatic carbocycles. The number of hydrogen-bond acceptors (Lipinski definition) is 16. The van der Waals surface area contributed by atoms with E-state index >= 15 is 0 Å². The molecule has 34 heteroatoms. The molecule has 0 spiro atoms. The molecule has 12 heterocycles. The number of pyridine rings is 4. The molecule has 24 nitrogen and oxygen atoms in total. The molecule has 4 aliphatic heterocycles. The van der Waals surface area contributed by atoms with Crippen LogP contribution in [0.15, 0.2) is 281 Å². The maximum atomic E-state index is 14.5. The first-order chi connectivity index (χ1) is 64.0. The fourth-order valence-electron chi connectivity index (χ4n) is 16.9. The first-order valence-electron chi connectivity index (χ1n) is 43.0. The van der Waals surface area contributed by atoms with Gasteiger partial charge in [0.05, 0.1) is 47.2 Å². The van der Waals surface area contributed by atoms with Crippen molar-refractivity contribution in [2.24, 2.45) is 0 Å². The van der Waals surface area contributed by atoms with Crippen LogP contribution in [0, 0.1) is 67.0 Å². The molecule has 0 atom stereocenters. The number of hydrogen-bond donors (Lipinski definition) is 0. The number of rotatable bonds is 13. The van der Waals surface area contributed by atoms with E-state index in [4.69, 9.17) is 26.9 Å². The third kappa shape index (κ3) is 17.5. The van der Waals surface area contributed by atoms with Crippen LogP contribution in [-0.4, -0.2) is 119 Å². The first kappa shape index (κ1) is 92.0. The van der Waals surface area contributed by atoms with E-state index in [-0.39, 0.29) is 61.6 Å². The van der Waals surface area contributed by atoms with Gasteiger partial charge in [-0.05, 0) is 250 Å². The lowest BCUT2D eigenvalue weighted by Crippen LogP contribution is -2.33. The molecule has 0 amide bonds. The number of benzene rings is 8. The molecule has 20 rings (SSSR count). The van der Waals surface area contributed by atoms with Crippen LogP contribution in [0.5, 0.6) is 0 Å². The predicted octanol–water partition coefficient (Wildman–Crippen LogP) is 20.3. The van der Waals surface area contributed by atoms with E-state index in [1.165, 1.54) is 57.9 Å². The number of aromatic nitrogens is 12. The minimum Gasteiger partial charge on any atom is -0.249 e. The molecule has 0 radical (unpaired) electrons. The molecule has 0 fully saturated rings. The maximum absolute atomic E-state index is 14.5. The van der Waals surface area contributed by atoms with Crippen LogP contribution in [0.2, 0.25) is 5.02 Å². The van der Waals surface area contributed by atoms with Crippen molar-refractivity contribution in [3.63, 3.8) is 0 Å². The molecular weight excluding hydrogens is 1810 g/mol. The van der Waals surface area contributed by atoms with Crippen LogP contribution in [0.3, 0.4) is 0 Å². The summed E-state index contributed by atoms with van der Waals surface area (Å²) in [4.78, 5) is 18.6. The summed E-state index contributed by atoms with van der Waals surface area (Å²) in [6.45, 7) is 20.4. The lowest BCUT2D eigenvalue weighted by molar-refractivity contribution is -0.137. The van der Waals surface area contributed by atoms with Gasteiger partial charge in [-0.1, -0.05) is 127 Å². The standard InChI is InChI=1S/C27H28N4O2S.C25H21F3N4O2S.C24H20ClFN4O2S.C24H21FN4O2S/c1-18(2)21-9-11-22(12-10-21)31-20(4)24-15-17-30(27-25(26(24)29-31)6-5-16-28-27)34(32,33)23-13-7-19(3)8-14-23;1-16-8-10-20(11-9-16)35(33,34)31-14-12-21-17(2)32(19-6-3-5-18(15-19)25(26,27)28)30-23(21)22-7-4-13-29-24(22)31;1-15-5-8-18(9-6-15)33(31,32)29-13-11-19-16(2)30(17-7-10-22(26)21(25)14-17)28-23(19)20-4-3-12-27-24(20)29;1-16-9-11-18(12-10-16)32(30,31)28-15-13-19-17(2)29(22-8-4-3-7-21(22)25)27-23(19)20-6-5-14-26-24(20)28/h5-14,16,18H,15,17H2,1-4H3;3-11,13,15H,12,14H2,1-2H3;3-10,12,14H,11,13H2,1-2H3;3-12,14H,13,15H2,1-2H3. The summed E-state index contributed by atoms with van der Waals surface area (Å²) in [5.41, 5.74) is 18.6. The number of sulfonamides is 4. The molecule has 8 aromatic heterocycles. The molecule has 0 N–H and O–H groups in total. The van der Waals surface area contributed by atoms with Crippen molar-refractivity contribution in [2.75, 3.05) is 43.4 Å². The third-order valence-corrected chi connectivity index (χ3v) is 31.7. The lowest BCUT2D eigenvalue weighted by atomic mass is 10.0. The van der Waals surface area contributed by atoms with Crippen LogP contribution in [0.25, 0.3) is 67.8 Å². The Morgan fingerprint density at radius 1 is 0.328 bits per heavy atom. The first-order valence-corrected chi connectivity index (χ1v) is 49.1. The van der Waals surface area contributed by atoms with Crippen LogP contribution >= 0.6 is 11.6 Å². The van der Waals surface area contributed by atoms with Crippen molar-refractivity contribution in [3.8, 4) is 67.8 Å². The Morgan fingerprint density at radius 2 is 0.634 bits per heavy atom. The number of aryl methyl sites for hydroxylation is 4. The minimum atomic E-state index is -4.48. The summed E-state index contributed by atoms with van der Waals surface area (Å²) in [6.07, 6.45) is 3.56. The Labute approximate surface area is 778 Å². The smallest absolute Gasteiger partial charge is 0.249 e. The second kappa shape index (κ2) is 36.6. The zero-order valence-electron chi connectivity index (χ0n) is 74.4. The number of alkyl halides is 3. The van der Waals surface area contributed by atoms with Crippen molar-refractivity contribution in [2.45, 2.75) is 127 Å². The van der Waals surface area contributed by atoms with Gasteiger partial charge in [0.15, 0.2) is 23.3 Å². The number of anilines is 4. The van der Waals surface area contributed by atoms with Gasteiger partial charge in [0.2, 0.25) is 0 Å². The Kier molecular flexibility index (Phi) is 25.1. The fourth-order valence-corrected chi connectivity index (χ4v) is 22.9. The highest BCUT2D eigenvalue weighted by Crippen LogP contribution is 2.45. The average Bonchev–Trinajstić information content (AvgIpc) is 1.60. The molecule has 0 unspecified atom stereocenters. The summed E-state index contributed by atoms with van der Waals surface area (Å²) in [6, 6.07) is 65.7. The summed E-state index contributed by atoms with van der Waals surface area (Å²) < 4.78 is 189. The van der Waals surface area contributed by atoms with Gasteiger partial charge in [-0.3, -0.25) is 0 Å². The molecule has 0 aliphatic carbocycles. The Hall–Kier alpha value is -13.9. The molecular formula is C100H90ClF5N16O8S4. The second-order valence-electron chi connectivity index (χ2n) is 33.2. The van der Waals surface area contributed by atoms with Gasteiger partial charge in [-0.25, -0.2) is 98.3 Å². The number of fused-ring (bicyclic) bond motifs is 12. The number of nitrogens with zero attached hydrogens (tertiary/aromatic N) is 16. The highest BCUT2D eigenvalue weighted by Gasteiger charge is 2.40. The third-order valence-electron chi connectivity index (χ3n) is 24.2. The van der Waals surface area contributed by atoms with Gasteiger partial charge in [0.25, 0.3) is 40.1 Å². The molecule has 4 aliphatic rings. The van der Waals surface area contributed by atoms with Crippen LogP contribution in [0.4, 0.5) is 45.2 Å². The monoisotopic (exact) mass is 1900 g/mol. The summed E-state index contributed by atoms with van der Waals surface area (Å²) in [5.74, 6) is 0.899. The maximum Gasteiger partial charge on any atom is 0.416 e. The average molecular weight is 1900 g/mol. The van der Waals surface area contributed by atoms with Gasteiger partial charge in [0, 0.05) is 118 Å². The molecule has 16 aromatic rings. The fraction of sp³-hybridized carbons (Fsp3) is 0.200. The van der Waals surface area contributed by atoms with Crippen LogP contribution in [0.1, 0.15) is 98.2 Å². The predicted molar refractivity (Wildman–Crippen MR) is 508 cm³/mol. The Bertz CT molecular complexity index is 7710. The van der Waals surface area contributed by atoms with Crippen molar-refractivity contribution in [3.05, 3.63) is 356 Å². The molecule has 0 saturated carbocycles. The summed E-state index contributed by atoms with van der Waals surface area (Å²) in [5, 5.41) is 19.1. The number of halogens is 6. The van der Waals surface area contributed by atoms with E-state index in [1.807, 2.05) is 89.5 Å². The SMILES string of the molecule is Cc1ccc(S(=O)(=O)N2CCc3c(nn(-c4ccc(C(C)C)cc4)c3C)-c3cccnc32)cc1.Cc1ccc(S(=O)(=O)N2CCc3c(nn(-c4ccc(F)c(Cl)c4)c3C)-c3cccnc32)cc1.Cc1ccc(S(=O)(=O)N2CCc3c(nn(-c4cccc(C(F)(F)F)c4)c3C)-c3cccnc32)cc1.Cc1ccc(S(=O)(=O)N2CCc3c(nn(-c4ccccc4F)c3C)-c3cccnc32)cc1. The van der Waals surface area contributed by atoms with Gasteiger partial charge < -0.3 is 0 Å². The van der Waals surface area contributed by atoms with E-state index < -0.39 is 57.7 Å². The second-order valence-corrected chi connectivity index (χ2v) is 41.1. The molecule has 0 bridgehead atoms. The largest absolute Gasteiger partial charge is 0.416 e. The zero-order chi connectivity index (χ0) is 94.8. The van der Waals surface area contributed by atoms with Crippen molar-refractivity contribution >= 4 is 75.0 Å². The Morgan fingerprint density at radius 3 is 0.955 bits per heavy atom. The van der Waals surface area contributed by atoms with E-state index in [9.17, 15) is 55.6 Å². The molecule has 134 heavy (non-hydrogen) atoms.